The van der Waals surface area contributed by atoms with Crippen molar-refractivity contribution in [2.75, 3.05) is 7.05 Å². The summed E-state index contributed by atoms with van der Waals surface area (Å²) in [5, 5.41) is 4.06. The number of hydrogen-bond donors (Lipinski definition) is 1. The van der Waals surface area contributed by atoms with Crippen LogP contribution in [0, 0.1) is 6.92 Å². The van der Waals surface area contributed by atoms with Crippen LogP contribution < -0.4 is 5.32 Å². The molecule has 0 amide bonds. The van der Waals surface area contributed by atoms with Gasteiger partial charge in [0, 0.05) is 27.3 Å². The van der Waals surface area contributed by atoms with Crippen molar-refractivity contribution in [2.45, 2.75) is 29.9 Å². The van der Waals surface area contributed by atoms with E-state index in [9.17, 15) is 0 Å². The molecule has 0 saturated heterocycles. The van der Waals surface area contributed by atoms with E-state index in [2.05, 4.69) is 50.3 Å². The minimum Gasteiger partial charge on any atom is -0.313 e. The van der Waals surface area contributed by atoms with E-state index in [-0.39, 0.29) is 6.04 Å². The summed E-state index contributed by atoms with van der Waals surface area (Å²) in [6.45, 7) is 4.12. The summed E-state index contributed by atoms with van der Waals surface area (Å²) in [5.41, 5.74) is 2.23. The first-order valence-electron chi connectivity index (χ1n) is 6.04. The second kappa shape index (κ2) is 6.50. The largest absolute Gasteiger partial charge is 0.313 e. The second-order valence-electron chi connectivity index (χ2n) is 4.28. The molecule has 2 aromatic rings. The van der Waals surface area contributed by atoms with E-state index in [1.54, 1.807) is 18.0 Å². The van der Waals surface area contributed by atoms with Crippen molar-refractivity contribution in [3.05, 3.63) is 46.2 Å². The molecule has 1 aromatic heterocycles. The molecule has 100 valence electrons. The molecule has 1 heterocycles. The Morgan fingerprint density at radius 1 is 1.32 bits per heavy atom. The van der Waals surface area contributed by atoms with E-state index < -0.39 is 0 Å². The summed E-state index contributed by atoms with van der Waals surface area (Å²) in [6, 6.07) is 8.47. The van der Waals surface area contributed by atoms with Crippen molar-refractivity contribution >= 4 is 27.7 Å². The predicted octanol–water partition coefficient (Wildman–Crippen LogP) is 3.98. The molecule has 1 N–H and O–H groups in total. The highest BCUT2D eigenvalue weighted by Crippen LogP contribution is 2.33. The third-order valence-corrected chi connectivity index (χ3v) is 4.31. The summed E-state index contributed by atoms with van der Waals surface area (Å²) in [7, 11) is 1.96. The molecule has 1 atom stereocenters. The number of nitrogens with one attached hydrogen (secondary N) is 1. The van der Waals surface area contributed by atoms with Crippen LogP contribution in [0.5, 0.6) is 0 Å². The molecular formula is C14H16BrN3S. The van der Waals surface area contributed by atoms with Gasteiger partial charge in [-0.25, -0.2) is 9.97 Å². The minimum atomic E-state index is 0.282. The molecule has 19 heavy (non-hydrogen) atoms. The van der Waals surface area contributed by atoms with Gasteiger partial charge in [-0.15, -0.1) is 0 Å². The summed E-state index contributed by atoms with van der Waals surface area (Å²) >= 11 is 5.12. The minimum absolute atomic E-state index is 0.282. The van der Waals surface area contributed by atoms with E-state index in [0.717, 1.165) is 15.3 Å². The number of halogens is 1. The van der Waals surface area contributed by atoms with Crippen LogP contribution >= 0.6 is 27.7 Å². The van der Waals surface area contributed by atoms with E-state index in [4.69, 9.17) is 0 Å². The summed E-state index contributed by atoms with van der Waals surface area (Å²) < 4.78 is 1.08. The molecule has 3 nitrogen and oxygen atoms in total. The number of benzene rings is 1. The lowest BCUT2D eigenvalue weighted by Gasteiger charge is -2.15. The lowest BCUT2D eigenvalue weighted by Crippen LogP contribution is -2.13. The zero-order chi connectivity index (χ0) is 13.8. The Labute approximate surface area is 126 Å². The quantitative estimate of drug-likeness (QED) is 0.856. The average Bonchev–Trinajstić information content (AvgIpc) is 2.40. The molecule has 0 bridgehead atoms. The first-order valence-corrected chi connectivity index (χ1v) is 7.65. The van der Waals surface area contributed by atoms with Crippen LogP contribution in [0.25, 0.3) is 0 Å². The Kier molecular flexibility index (Phi) is 4.96. The van der Waals surface area contributed by atoms with Crippen LogP contribution in [0.1, 0.15) is 24.2 Å². The number of hydrogen-bond acceptors (Lipinski definition) is 4. The Morgan fingerprint density at radius 3 is 2.79 bits per heavy atom. The van der Waals surface area contributed by atoms with Gasteiger partial charge in [0.25, 0.3) is 0 Å². The molecule has 1 aromatic carbocycles. The molecule has 1 unspecified atom stereocenters. The van der Waals surface area contributed by atoms with Crippen LogP contribution in [-0.4, -0.2) is 17.0 Å². The average molecular weight is 338 g/mol. The molecular weight excluding hydrogens is 322 g/mol. The first kappa shape index (κ1) is 14.5. The van der Waals surface area contributed by atoms with Crippen LogP contribution in [0.4, 0.5) is 0 Å². The molecule has 0 aliphatic heterocycles. The fourth-order valence-electron chi connectivity index (χ4n) is 1.68. The maximum atomic E-state index is 4.44. The van der Waals surface area contributed by atoms with Crippen molar-refractivity contribution in [3.63, 3.8) is 0 Å². The van der Waals surface area contributed by atoms with Crippen LogP contribution in [0.3, 0.4) is 0 Å². The normalized spacial score (nSPS) is 12.4. The maximum Gasteiger partial charge on any atom is 0.192 e. The Morgan fingerprint density at radius 2 is 2.11 bits per heavy atom. The third kappa shape index (κ3) is 3.78. The van der Waals surface area contributed by atoms with Crippen molar-refractivity contribution in [3.8, 4) is 0 Å². The standard InChI is InChI=1S/C14H16BrN3S/c1-9-6-7-17-14(18-9)19-13-5-4-11(15)8-12(13)10(2)16-3/h4-8,10,16H,1-3H3. The first-order chi connectivity index (χ1) is 9.10. The van der Waals surface area contributed by atoms with E-state index in [0.29, 0.717) is 0 Å². The second-order valence-corrected chi connectivity index (χ2v) is 6.20. The smallest absolute Gasteiger partial charge is 0.192 e. The lowest BCUT2D eigenvalue weighted by molar-refractivity contribution is 0.641. The predicted molar refractivity (Wildman–Crippen MR) is 82.5 cm³/mol. The molecule has 0 aliphatic carbocycles. The highest BCUT2D eigenvalue weighted by molar-refractivity contribution is 9.10. The third-order valence-electron chi connectivity index (χ3n) is 2.85. The molecule has 0 radical (unpaired) electrons. The topological polar surface area (TPSA) is 37.8 Å². The van der Waals surface area contributed by atoms with Crippen molar-refractivity contribution in [1.29, 1.82) is 0 Å². The van der Waals surface area contributed by atoms with Crippen molar-refractivity contribution < 1.29 is 0 Å². The van der Waals surface area contributed by atoms with Gasteiger partial charge < -0.3 is 5.32 Å². The number of rotatable bonds is 4. The van der Waals surface area contributed by atoms with Crippen LogP contribution in [0.2, 0.25) is 0 Å². The van der Waals surface area contributed by atoms with Crippen molar-refractivity contribution in [2.24, 2.45) is 0 Å². The Hall–Kier alpha value is -0.910. The highest BCUT2D eigenvalue weighted by Gasteiger charge is 2.12. The Bertz CT molecular complexity index is 574. The van der Waals surface area contributed by atoms with E-state index >= 15 is 0 Å². The zero-order valence-corrected chi connectivity index (χ0v) is 13.5. The number of aromatic nitrogens is 2. The molecule has 0 saturated carbocycles. The molecule has 2 rings (SSSR count). The van der Waals surface area contributed by atoms with Gasteiger partial charge >= 0.3 is 0 Å². The van der Waals surface area contributed by atoms with E-state index in [1.165, 1.54) is 10.5 Å². The fraction of sp³-hybridized carbons (Fsp3) is 0.286. The number of aryl methyl sites for hydroxylation is 1. The number of nitrogens with zero attached hydrogens (tertiary/aromatic N) is 2. The fourth-order valence-corrected chi connectivity index (χ4v) is 3.05. The van der Waals surface area contributed by atoms with E-state index in [1.807, 2.05) is 26.1 Å². The molecule has 0 fully saturated rings. The van der Waals surface area contributed by atoms with Gasteiger partial charge in [-0.3, -0.25) is 0 Å². The summed E-state index contributed by atoms with van der Waals surface area (Å²) in [5.74, 6) is 0. The summed E-state index contributed by atoms with van der Waals surface area (Å²) in [4.78, 5) is 9.92. The van der Waals surface area contributed by atoms with Gasteiger partial charge in [-0.05, 0) is 62.5 Å². The lowest BCUT2D eigenvalue weighted by atomic mass is 10.1. The van der Waals surface area contributed by atoms with Gasteiger partial charge in [0.1, 0.15) is 0 Å². The summed E-state index contributed by atoms with van der Waals surface area (Å²) in [6.07, 6.45) is 1.80. The highest BCUT2D eigenvalue weighted by atomic mass is 79.9. The molecule has 0 aliphatic rings. The van der Waals surface area contributed by atoms with Gasteiger partial charge in [-0.1, -0.05) is 15.9 Å². The van der Waals surface area contributed by atoms with Gasteiger partial charge in [0.2, 0.25) is 0 Å². The van der Waals surface area contributed by atoms with Crippen LogP contribution in [-0.2, 0) is 0 Å². The monoisotopic (exact) mass is 337 g/mol. The van der Waals surface area contributed by atoms with Gasteiger partial charge in [0.15, 0.2) is 5.16 Å². The SMILES string of the molecule is CNC(C)c1cc(Br)ccc1Sc1nccc(C)n1. The molecule has 5 heteroatoms. The van der Waals surface area contributed by atoms with Crippen molar-refractivity contribution in [1.82, 2.24) is 15.3 Å². The Balaban J connectivity index is 2.34. The molecule has 0 spiro atoms. The maximum absolute atomic E-state index is 4.44. The van der Waals surface area contributed by atoms with Gasteiger partial charge in [-0.2, -0.15) is 0 Å². The van der Waals surface area contributed by atoms with Gasteiger partial charge in [0.05, 0.1) is 0 Å². The zero-order valence-electron chi connectivity index (χ0n) is 11.1. The van der Waals surface area contributed by atoms with Crippen LogP contribution in [0.15, 0.2) is 45.0 Å².